The van der Waals surface area contributed by atoms with Gasteiger partial charge in [-0.1, -0.05) is 24.6 Å². The lowest BCUT2D eigenvalue weighted by molar-refractivity contribution is -0.117. The highest BCUT2D eigenvalue weighted by molar-refractivity contribution is 5.92. The Morgan fingerprint density at radius 2 is 1.94 bits per heavy atom. The molecule has 0 saturated carbocycles. The van der Waals surface area contributed by atoms with E-state index < -0.39 is 0 Å². The second-order valence-corrected chi connectivity index (χ2v) is 5.07. The van der Waals surface area contributed by atoms with E-state index in [-0.39, 0.29) is 12.5 Å². The summed E-state index contributed by atoms with van der Waals surface area (Å²) in [5, 5.41) is 11.3. The third kappa shape index (κ3) is 8.99. The lowest BCUT2D eigenvalue weighted by Crippen LogP contribution is -2.27. The predicted octanol–water partition coefficient (Wildman–Crippen LogP) is 2.81. The molecule has 0 aliphatic heterocycles. The topological polar surface area (TPSA) is 49.3 Å². The van der Waals surface area contributed by atoms with Crippen LogP contribution < -0.4 is 5.32 Å². The van der Waals surface area contributed by atoms with Crippen molar-refractivity contribution in [2.75, 3.05) is 13.2 Å². The quantitative estimate of drug-likeness (QED) is 0.516. The third-order valence-corrected chi connectivity index (χ3v) is 2.79. The van der Waals surface area contributed by atoms with Crippen LogP contribution >= 0.6 is 0 Å². The minimum Gasteiger partial charge on any atom is -0.395 e. The van der Waals surface area contributed by atoms with Gasteiger partial charge in [-0.05, 0) is 46.0 Å². The van der Waals surface area contributed by atoms with Gasteiger partial charge in [0.05, 0.1) is 6.61 Å². The van der Waals surface area contributed by atoms with Crippen molar-refractivity contribution < 1.29 is 9.90 Å². The van der Waals surface area contributed by atoms with Gasteiger partial charge in [0, 0.05) is 12.1 Å². The summed E-state index contributed by atoms with van der Waals surface area (Å²) < 4.78 is 0. The van der Waals surface area contributed by atoms with E-state index in [4.69, 9.17) is 5.11 Å². The van der Waals surface area contributed by atoms with Crippen LogP contribution in [0.4, 0.5) is 0 Å². The number of allylic oxidation sites excluding steroid dienone is 3. The van der Waals surface area contributed by atoms with Gasteiger partial charge in [0.2, 0.25) is 5.91 Å². The zero-order chi connectivity index (χ0) is 14.0. The van der Waals surface area contributed by atoms with Crippen LogP contribution in [-0.4, -0.2) is 24.2 Å². The normalized spacial score (nSPS) is 13.1. The van der Waals surface area contributed by atoms with Crippen molar-refractivity contribution in [3.8, 4) is 0 Å². The summed E-state index contributed by atoms with van der Waals surface area (Å²) in [5.41, 5.74) is 2.09. The number of carbonyl (C=O) groups excluding carboxylic acids is 1. The molecule has 0 aliphatic rings. The van der Waals surface area contributed by atoms with Gasteiger partial charge >= 0.3 is 0 Å². The van der Waals surface area contributed by atoms with Crippen molar-refractivity contribution in [2.45, 2.75) is 47.0 Å². The van der Waals surface area contributed by atoms with Crippen molar-refractivity contribution in [3.05, 3.63) is 23.3 Å². The first-order valence-electron chi connectivity index (χ1n) is 6.66. The molecule has 0 rings (SSSR count). The van der Waals surface area contributed by atoms with E-state index in [1.165, 1.54) is 5.57 Å². The molecule has 1 atom stereocenters. The van der Waals surface area contributed by atoms with Crippen LogP contribution in [0, 0.1) is 5.92 Å². The molecule has 0 aliphatic carbocycles. The Labute approximate surface area is 111 Å². The zero-order valence-corrected chi connectivity index (χ0v) is 12.1. The lowest BCUT2D eigenvalue weighted by atomic mass is 9.99. The van der Waals surface area contributed by atoms with Gasteiger partial charge in [-0.2, -0.15) is 0 Å². The fourth-order valence-corrected chi connectivity index (χ4v) is 1.55. The van der Waals surface area contributed by atoms with Gasteiger partial charge in [-0.25, -0.2) is 0 Å². The van der Waals surface area contributed by atoms with Gasteiger partial charge in [0.25, 0.3) is 0 Å². The standard InChI is InChI=1S/C15H27NO2/c1-12(2)6-5-7-13(3)8-9-14(4)15(18)16-10-11-17/h6,9,13,17H,5,7-8,10-11H2,1-4H3,(H,16,18)/b14-9+. The Bertz CT molecular complexity index is 302. The van der Waals surface area contributed by atoms with Crippen LogP contribution in [-0.2, 0) is 4.79 Å². The van der Waals surface area contributed by atoms with Crippen molar-refractivity contribution in [1.29, 1.82) is 0 Å². The third-order valence-electron chi connectivity index (χ3n) is 2.79. The number of nitrogens with one attached hydrogen (secondary N) is 1. The summed E-state index contributed by atoms with van der Waals surface area (Å²) in [5.74, 6) is 0.502. The van der Waals surface area contributed by atoms with Crippen LogP contribution in [0.25, 0.3) is 0 Å². The van der Waals surface area contributed by atoms with E-state index in [1.807, 2.05) is 13.0 Å². The Kier molecular flexibility index (Phi) is 9.29. The van der Waals surface area contributed by atoms with Crippen LogP contribution in [0.5, 0.6) is 0 Å². The fourth-order valence-electron chi connectivity index (χ4n) is 1.55. The van der Waals surface area contributed by atoms with Gasteiger partial charge in [0.1, 0.15) is 0 Å². The zero-order valence-electron chi connectivity index (χ0n) is 12.1. The second kappa shape index (κ2) is 9.89. The van der Waals surface area contributed by atoms with E-state index in [0.29, 0.717) is 12.5 Å². The van der Waals surface area contributed by atoms with Gasteiger partial charge in [-0.3, -0.25) is 4.79 Å². The summed E-state index contributed by atoms with van der Waals surface area (Å²) in [4.78, 5) is 11.5. The molecule has 18 heavy (non-hydrogen) atoms. The lowest BCUT2D eigenvalue weighted by Gasteiger charge is -2.08. The minimum absolute atomic E-state index is 0.0157. The van der Waals surface area contributed by atoms with Crippen molar-refractivity contribution in [1.82, 2.24) is 5.32 Å². The van der Waals surface area contributed by atoms with Gasteiger partial charge in [0.15, 0.2) is 0 Å². The Hall–Kier alpha value is -1.09. The van der Waals surface area contributed by atoms with E-state index in [0.717, 1.165) is 24.8 Å². The average Bonchev–Trinajstić information content (AvgIpc) is 2.32. The highest BCUT2D eigenvalue weighted by atomic mass is 16.3. The maximum Gasteiger partial charge on any atom is 0.246 e. The van der Waals surface area contributed by atoms with Crippen LogP contribution in [0.15, 0.2) is 23.3 Å². The summed E-state index contributed by atoms with van der Waals surface area (Å²) in [6.45, 7) is 8.54. The molecule has 0 spiro atoms. The molecule has 0 heterocycles. The molecular weight excluding hydrogens is 226 g/mol. The molecule has 1 unspecified atom stereocenters. The molecule has 0 aromatic heterocycles. The number of rotatable bonds is 8. The Morgan fingerprint density at radius 3 is 2.50 bits per heavy atom. The molecule has 0 bridgehead atoms. The Morgan fingerprint density at radius 1 is 1.28 bits per heavy atom. The molecule has 0 aromatic carbocycles. The first-order chi connectivity index (χ1) is 8.47. The van der Waals surface area contributed by atoms with Crippen molar-refractivity contribution in [2.24, 2.45) is 5.92 Å². The van der Waals surface area contributed by atoms with E-state index in [9.17, 15) is 4.79 Å². The molecule has 1 amide bonds. The first kappa shape index (κ1) is 16.9. The van der Waals surface area contributed by atoms with Crippen LogP contribution in [0.2, 0.25) is 0 Å². The largest absolute Gasteiger partial charge is 0.395 e. The highest BCUT2D eigenvalue weighted by Gasteiger charge is 2.04. The monoisotopic (exact) mass is 253 g/mol. The molecule has 0 saturated heterocycles. The molecule has 0 radical (unpaired) electrons. The summed E-state index contributed by atoms with van der Waals surface area (Å²) in [6.07, 6.45) is 7.41. The van der Waals surface area contributed by atoms with Crippen molar-refractivity contribution in [3.63, 3.8) is 0 Å². The molecule has 0 fully saturated rings. The first-order valence-corrected chi connectivity index (χ1v) is 6.66. The number of aliphatic hydroxyl groups is 1. The maximum atomic E-state index is 11.5. The Balaban J connectivity index is 3.96. The number of amides is 1. The van der Waals surface area contributed by atoms with E-state index in [1.54, 1.807) is 0 Å². The predicted molar refractivity (Wildman–Crippen MR) is 76.3 cm³/mol. The number of carbonyl (C=O) groups is 1. The molecule has 104 valence electrons. The smallest absolute Gasteiger partial charge is 0.246 e. The highest BCUT2D eigenvalue weighted by Crippen LogP contribution is 2.13. The van der Waals surface area contributed by atoms with E-state index >= 15 is 0 Å². The van der Waals surface area contributed by atoms with Crippen LogP contribution in [0.1, 0.15) is 47.0 Å². The number of aliphatic hydroxyl groups excluding tert-OH is 1. The van der Waals surface area contributed by atoms with E-state index in [2.05, 4.69) is 32.2 Å². The molecule has 0 aromatic rings. The fraction of sp³-hybridized carbons (Fsp3) is 0.667. The summed E-state index contributed by atoms with van der Waals surface area (Å²) in [6, 6.07) is 0. The number of hydrogen-bond acceptors (Lipinski definition) is 2. The molecular formula is C15H27NO2. The summed E-state index contributed by atoms with van der Waals surface area (Å²) >= 11 is 0. The minimum atomic E-state index is -0.0828. The van der Waals surface area contributed by atoms with Gasteiger partial charge < -0.3 is 10.4 Å². The SMILES string of the molecule is CC(C)=CCCC(C)C/C=C(\C)C(=O)NCCO. The van der Waals surface area contributed by atoms with Crippen molar-refractivity contribution >= 4 is 5.91 Å². The number of hydrogen-bond donors (Lipinski definition) is 2. The van der Waals surface area contributed by atoms with Crippen LogP contribution in [0.3, 0.4) is 0 Å². The molecule has 3 heteroatoms. The molecule has 3 nitrogen and oxygen atoms in total. The maximum absolute atomic E-state index is 11.5. The van der Waals surface area contributed by atoms with Gasteiger partial charge in [-0.15, -0.1) is 0 Å². The average molecular weight is 253 g/mol. The second-order valence-electron chi connectivity index (χ2n) is 5.07. The molecule has 2 N–H and O–H groups in total. The summed E-state index contributed by atoms with van der Waals surface area (Å²) in [7, 11) is 0.